The van der Waals surface area contributed by atoms with Gasteiger partial charge in [-0.15, -0.1) is 0 Å². The zero-order valence-corrected chi connectivity index (χ0v) is 12.5. The number of hydrogen-bond acceptors (Lipinski definition) is 4. The summed E-state index contributed by atoms with van der Waals surface area (Å²) in [7, 11) is 0. The van der Waals surface area contributed by atoms with Crippen molar-refractivity contribution in [3.63, 3.8) is 0 Å². The molecule has 0 saturated carbocycles. The molecule has 3 rings (SSSR count). The predicted octanol–water partition coefficient (Wildman–Crippen LogP) is 1.95. The van der Waals surface area contributed by atoms with Crippen LogP contribution in [0.3, 0.4) is 0 Å². The molecule has 0 fully saturated rings. The van der Waals surface area contributed by atoms with Gasteiger partial charge in [-0.3, -0.25) is 9.59 Å². The maximum absolute atomic E-state index is 12.0. The summed E-state index contributed by atoms with van der Waals surface area (Å²) in [6.45, 7) is 5.78. The molecule has 1 aromatic rings. The number of carbonyl (C=O) groups excluding carboxylic acids is 2. The third kappa shape index (κ3) is 2.20. The predicted molar refractivity (Wildman–Crippen MR) is 82.2 cm³/mol. The monoisotopic (exact) mass is 288 g/mol. The maximum Gasteiger partial charge on any atom is 0.234 e. The standard InChI is InChI=1S/C15H20N4O2/c1-4-5-12(20)19-14-17-10-6-8-9(7-11(10)18-14)16-13(21)15(8,2)3/h6-7,14,17-18H,4-5H2,1-3H3,(H,16,21)(H,19,20). The van der Waals surface area contributed by atoms with Gasteiger partial charge in [-0.05, 0) is 38.0 Å². The topological polar surface area (TPSA) is 82.3 Å². The highest BCUT2D eigenvalue weighted by molar-refractivity contribution is 6.07. The summed E-state index contributed by atoms with van der Waals surface area (Å²) in [5, 5.41) is 12.2. The second-order valence-electron chi connectivity index (χ2n) is 6.06. The Morgan fingerprint density at radius 2 is 1.90 bits per heavy atom. The van der Waals surface area contributed by atoms with Gasteiger partial charge in [0, 0.05) is 12.1 Å². The van der Waals surface area contributed by atoms with Crippen molar-refractivity contribution in [1.82, 2.24) is 5.32 Å². The number of fused-ring (bicyclic) bond motifs is 2. The molecule has 2 amide bonds. The first-order valence-electron chi connectivity index (χ1n) is 7.24. The lowest BCUT2D eigenvalue weighted by Crippen LogP contribution is -2.42. The van der Waals surface area contributed by atoms with Crippen LogP contribution in [-0.2, 0) is 15.0 Å². The number of carbonyl (C=O) groups is 2. The molecule has 2 aliphatic heterocycles. The van der Waals surface area contributed by atoms with Crippen LogP contribution in [0.5, 0.6) is 0 Å². The van der Waals surface area contributed by atoms with E-state index in [1.807, 2.05) is 32.9 Å². The molecule has 0 bridgehead atoms. The van der Waals surface area contributed by atoms with Gasteiger partial charge in [-0.25, -0.2) is 0 Å². The van der Waals surface area contributed by atoms with Gasteiger partial charge in [0.25, 0.3) is 0 Å². The van der Waals surface area contributed by atoms with Crippen LogP contribution in [0.2, 0.25) is 0 Å². The van der Waals surface area contributed by atoms with Crippen molar-refractivity contribution in [3.05, 3.63) is 17.7 Å². The Hall–Kier alpha value is -2.24. The highest BCUT2D eigenvalue weighted by atomic mass is 16.2. The minimum Gasteiger partial charge on any atom is -0.347 e. The molecule has 0 aliphatic carbocycles. The van der Waals surface area contributed by atoms with E-state index >= 15 is 0 Å². The quantitative estimate of drug-likeness (QED) is 0.685. The minimum atomic E-state index is -0.532. The average Bonchev–Trinajstić information content (AvgIpc) is 2.87. The van der Waals surface area contributed by atoms with Crippen LogP contribution in [0, 0.1) is 0 Å². The van der Waals surface area contributed by atoms with Gasteiger partial charge >= 0.3 is 0 Å². The Balaban J connectivity index is 1.81. The molecular weight excluding hydrogens is 268 g/mol. The molecule has 0 aromatic heterocycles. The lowest BCUT2D eigenvalue weighted by Gasteiger charge is -2.16. The molecule has 6 heteroatoms. The van der Waals surface area contributed by atoms with Crippen molar-refractivity contribution in [2.75, 3.05) is 16.0 Å². The highest BCUT2D eigenvalue weighted by Gasteiger charge is 2.39. The van der Waals surface area contributed by atoms with Crippen molar-refractivity contribution in [2.45, 2.75) is 45.3 Å². The smallest absolute Gasteiger partial charge is 0.234 e. The van der Waals surface area contributed by atoms with E-state index in [0.29, 0.717) is 6.42 Å². The molecule has 0 saturated heterocycles. The van der Waals surface area contributed by atoms with Gasteiger partial charge in [0.2, 0.25) is 11.8 Å². The van der Waals surface area contributed by atoms with E-state index in [0.717, 1.165) is 29.0 Å². The molecule has 1 unspecified atom stereocenters. The van der Waals surface area contributed by atoms with E-state index in [2.05, 4.69) is 21.3 Å². The van der Waals surface area contributed by atoms with Gasteiger partial charge < -0.3 is 21.3 Å². The molecule has 4 N–H and O–H groups in total. The van der Waals surface area contributed by atoms with Crippen molar-refractivity contribution in [1.29, 1.82) is 0 Å². The van der Waals surface area contributed by atoms with E-state index in [1.54, 1.807) is 0 Å². The Morgan fingerprint density at radius 1 is 1.24 bits per heavy atom. The van der Waals surface area contributed by atoms with E-state index in [4.69, 9.17) is 0 Å². The van der Waals surface area contributed by atoms with E-state index in [-0.39, 0.29) is 18.1 Å². The maximum atomic E-state index is 12.0. The Morgan fingerprint density at radius 3 is 2.57 bits per heavy atom. The molecule has 2 heterocycles. The minimum absolute atomic E-state index is 0.00831. The molecule has 112 valence electrons. The molecule has 0 spiro atoms. The van der Waals surface area contributed by atoms with E-state index < -0.39 is 5.41 Å². The van der Waals surface area contributed by atoms with Crippen molar-refractivity contribution >= 4 is 28.9 Å². The summed E-state index contributed by atoms with van der Waals surface area (Å²) in [5.74, 6) is 0.0189. The molecule has 21 heavy (non-hydrogen) atoms. The van der Waals surface area contributed by atoms with Crippen LogP contribution in [-0.4, -0.2) is 18.1 Å². The highest BCUT2D eigenvalue weighted by Crippen LogP contribution is 2.43. The summed E-state index contributed by atoms with van der Waals surface area (Å²) in [5.41, 5.74) is 3.06. The fourth-order valence-corrected chi connectivity index (χ4v) is 2.74. The summed E-state index contributed by atoms with van der Waals surface area (Å²) in [4.78, 5) is 23.6. The fourth-order valence-electron chi connectivity index (χ4n) is 2.74. The zero-order valence-electron chi connectivity index (χ0n) is 12.5. The largest absolute Gasteiger partial charge is 0.347 e. The molecule has 1 aromatic carbocycles. The molecule has 0 radical (unpaired) electrons. The first-order chi connectivity index (χ1) is 9.91. The van der Waals surface area contributed by atoms with Gasteiger partial charge in [0.05, 0.1) is 16.8 Å². The average molecular weight is 288 g/mol. The number of nitrogens with one attached hydrogen (secondary N) is 4. The van der Waals surface area contributed by atoms with Gasteiger partial charge in [-0.1, -0.05) is 6.92 Å². The van der Waals surface area contributed by atoms with Gasteiger partial charge in [-0.2, -0.15) is 0 Å². The molecule has 1 atom stereocenters. The fraction of sp³-hybridized carbons (Fsp3) is 0.467. The number of anilines is 3. The first kappa shape index (κ1) is 13.7. The third-order valence-electron chi connectivity index (χ3n) is 4.03. The molecule has 2 aliphatic rings. The first-order valence-corrected chi connectivity index (χ1v) is 7.24. The van der Waals surface area contributed by atoms with Crippen molar-refractivity contribution < 1.29 is 9.59 Å². The van der Waals surface area contributed by atoms with Crippen LogP contribution in [0.15, 0.2) is 12.1 Å². The summed E-state index contributed by atoms with van der Waals surface area (Å²) in [6.07, 6.45) is 1.02. The van der Waals surface area contributed by atoms with Crippen LogP contribution in [0.25, 0.3) is 0 Å². The van der Waals surface area contributed by atoms with E-state index in [1.165, 1.54) is 0 Å². The summed E-state index contributed by atoms with van der Waals surface area (Å²) in [6, 6.07) is 3.89. The molecular formula is C15H20N4O2. The van der Waals surface area contributed by atoms with Crippen LogP contribution in [0.1, 0.15) is 39.2 Å². The van der Waals surface area contributed by atoms with Crippen molar-refractivity contribution in [3.8, 4) is 0 Å². The molecule has 6 nitrogen and oxygen atoms in total. The van der Waals surface area contributed by atoms with Crippen molar-refractivity contribution in [2.24, 2.45) is 0 Å². The Bertz CT molecular complexity index is 624. The van der Waals surface area contributed by atoms with E-state index in [9.17, 15) is 9.59 Å². The number of benzene rings is 1. The van der Waals surface area contributed by atoms with Gasteiger partial charge in [0.15, 0.2) is 6.29 Å². The van der Waals surface area contributed by atoms with Crippen LogP contribution in [0.4, 0.5) is 17.1 Å². The van der Waals surface area contributed by atoms with Crippen LogP contribution < -0.4 is 21.3 Å². The number of hydrogen-bond donors (Lipinski definition) is 4. The Labute approximate surface area is 123 Å². The lowest BCUT2D eigenvalue weighted by atomic mass is 9.86. The van der Waals surface area contributed by atoms with Gasteiger partial charge in [0.1, 0.15) is 0 Å². The lowest BCUT2D eigenvalue weighted by molar-refractivity contribution is -0.121. The zero-order chi connectivity index (χ0) is 15.2. The third-order valence-corrected chi connectivity index (χ3v) is 4.03. The normalized spacial score (nSPS) is 20.9. The Kier molecular flexibility index (Phi) is 3.04. The number of amides is 2. The number of rotatable bonds is 3. The second kappa shape index (κ2) is 4.65. The summed E-state index contributed by atoms with van der Waals surface area (Å²) >= 11 is 0. The SMILES string of the molecule is CCCC(=O)NC1Nc2cc3c(cc2N1)C(C)(C)C(=O)N3. The summed E-state index contributed by atoms with van der Waals surface area (Å²) < 4.78 is 0. The second-order valence-corrected chi connectivity index (χ2v) is 6.06. The van der Waals surface area contributed by atoms with Crippen LogP contribution >= 0.6 is 0 Å².